The van der Waals surface area contributed by atoms with Crippen molar-refractivity contribution in [2.75, 3.05) is 6.54 Å². The van der Waals surface area contributed by atoms with Gasteiger partial charge >= 0.3 is 0 Å². The zero-order valence-electron chi connectivity index (χ0n) is 9.03. The largest absolute Gasteiger partial charge is 0.508 e. The van der Waals surface area contributed by atoms with Crippen LogP contribution in [0.1, 0.15) is 23.7 Å². The molecule has 0 aliphatic carbocycles. The second kappa shape index (κ2) is 5.90. The molecular weight excluding hydrogens is 209 g/mol. The number of hydrogen-bond acceptors (Lipinski definition) is 2. The first-order valence-corrected chi connectivity index (χ1v) is 5.03. The van der Waals surface area contributed by atoms with E-state index < -0.39 is 11.7 Å². The quantitative estimate of drug-likeness (QED) is 0.607. The fourth-order valence-corrected chi connectivity index (χ4v) is 1.22. The van der Waals surface area contributed by atoms with Crippen LogP contribution < -0.4 is 5.32 Å². The van der Waals surface area contributed by atoms with Crippen LogP contribution in [-0.4, -0.2) is 17.6 Å². The minimum atomic E-state index is -0.719. The number of aromatic hydroxyl groups is 1. The third-order valence-electron chi connectivity index (χ3n) is 2.03. The molecule has 1 aromatic rings. The molecule has 0 spiro atoms. The summed E-state index contributed by atoms with van der Waals surface area (Å²) in [5.74, 6) is -1.38. The molecule has 0 saturated carbocycles. The van der Waals surface area contributed by atoms with Crippen LogP contribution in [0.5, 0.6) is 5.75 Å². The van der Waals surface area contributed by atoms with E-state index in [4.69, 9.17) is 5.11 Å². The van der Waals surface area contributed by atoms with Gasteiger partial charge in [0.2, 0.25) is 0 Å². The van der Waals surface area contributed by atoms with E-state index in [0.29, 0.717) is 13.0 Å². The van der Waals surface area contributed by atoms with Crippen LogP contribution in [-0.2, 0) is 0 Å². The summed E-state index contributed by atoms with van der Waals surface area (Å²) in [6.45, 7) is 2.35. The Hall–Kier alpha value is -1.84. The Kier molecular flexibility index (Phi) is 4.51. The van der Waals surface area contributed by atoms with E-state index >= 15 is 0 Å². The molecule has 2 N–H and O–H groups in total. The summed E-state index contributed by atoms with van der Waals surface area (Å²) in [6, 6.07) is 3.46. The minimum absolute atomic E-state index is 0.0571. The van der Waals surface area contributed by atoms with Gasteiger partial charge in [0.05, 0.1) is 5.56 Å². The fraction of sp³-hybridized carbons (Fsp3) is 0.250. The Labute approximate surface area is 93.6 Å². The molecule has 16 heavy (non-hydrogen) atoms. The maximum atomic E-state index is 13.2. The van der Waals surface area contributed by atoms with Gasteiger partial charge in [0.15, 0.2) is 0 Å². The van der Waals surface area contributed by atoms with Crippen LogP contribution in [0.15, 0.2) is 30.4 Å². The summed E-state index contributed by atoms with van der Waals surface area (Å²) in [5.41, 5.74) is -0.0571. The summed E-state index contributed by atoms with van der Waals surface area (Å²) >= 11 is 0. The van der Waals surface area contributed by atoms with Crippen molar-refractivity contribution in [1.29, 1.82) is 0 Å². The van der Waals surface area contributed by atoms with Crippen molar-refractivity contribution in [2.45, 2.75) is 13.3 Å². The van der Waals surface area contributed by atoms with E-state index in [9.17, 15) is 9.18 Å². The van der Waals surface area contributed by atoms with E-state index in [1.807, 2.05) is 19.1 Å². The van der Waals surface area contributed by atoms with Gasteiger partial charge in [-0.3, -0.25) is 4.79 Å². The number of benzene rings is 1. The van der Waals surface area contributed by atoms with Gasteiger partial charge in [-0.25, -0.2) is 4.39 Å². The van der Waals surface area contributed by atoms with Gasteiger partial charge in [0, 0.05) is 12.6 Å². The molecule has 0 unspecified atom stereocenters. The molecule has 1 amide bonds. The Bertz CT molecular complexity index is 402. The van der Waals surface area contributed by atoms with E-state index in [1.54, 1.807) is 0 Å². The van der Waals surface area contributed by atoms with Gasteiger partial charge in [-0.15, -0.1) is 0 Å². The number of amides is 1. The van der Waals surface area contributed by atoms with Gasteiger partial charge < -0.3 is 10.4 Å². The second-order valence-electron chi connectivity index (χ2n) is 3.28. The van der Waals surface area contributed by atoms with Crippen molar-refractivity contribution in [1.82, 2.24) is 5.32 Å². The summed E-state index contributed by atoms with van der Waals surface area (Å²) in [5, 5.41) is 11.6. The number of rotatable bonds is 4. The summed E-state index contributed by atoms with van der Waals surface area (Å²) in [7, 11) is 0. The summed E-state index contributed by atoms with van der Waals surface area (Å²) in [4.78, 5) is 11.5. The molecule has 1 rings (SSSR count). The van der Waals surface area contributed by atoms with Gasteiger partial charge in [-0.1, -0.05) is 12.2 Å². The van der Waals surface area contributed by atoms with Gasteiger partial charge in [-0.2, -0.15) is 0 Å². The molecular formula is C12H14FNO2. The number of halogens is 1. The highest BCUT2D eigenvalue weighted by molar-refractivity contribution is 5.94. The molecule has 0 atom stereocenters. The molecule has 4 heteroatoms. The highest BCUT2D eigenvalue weighted by Crippen LogP contribution is 2.14. The Morgan fingerprint density at radius 1 is 1.56 bits per heavy atom. The standard InChI is InChI=1S/C12H14FNO2/c1-2-3-4-7-14-12(16)10-6-5-9(15)8-11(10)13/h2-3,5-6,8,15H,4,7H2,1H3,(H,14,16)/b3-2+. The average Bonchev–Trinajstić information content (AvgIpc) is 2.24. The number of hydrogen-bond donors (Lipinski definition) is 2. The van der Waals surface area contributed by atoms with Crippen molar-refractivity contribution in [3.63, 3.8) is 0 Å². The topological polar surface area (TPSA) is 49.3 Å². The predicted molar refractivity (Wildman–Crippen MR) is 59.8 cm³/mol. The Balaban J connectivity index is 2.59. The third kappa shape index (κ3) is 3.38. The Morgan fingerprint density at radius 2 is 2.31 bits per heavy atom. The molecule has 0 bridgehead atoms. The van der Waals surface area contributed by atoms with Crippen LogP contribution >= 0.6 is 0 Å². The first kappa shape index (κ1) is 12.2. The average molecular weight is 223 g/mol. The molecule has 86 valence electrons. The first-order chi connectivity index (χ1) is 7.65. The van der Waals surface area contributed by atoms with Gasteiger partial charge in [0.25, 0.3) is 5.91 Å². The molecule has 0 radical (unpaired) electrons. The molecule has 0 aromatic heterocycles. The summed E-state index contributed by atoms with van der Waals surface area (Å²) < 4.78 is 13.2. The zero-order chi connectivity index (χ0) is 12.0. The molecule has 0 aliphatic heterocycles. The Morgan fingerprint density at radius 3 is 2.94 bits per heavy atom. The smallest absolute Gasteiger partial charge is 0.254 e. The monoisotopic (exact) mass is 223 g/mol. The van der Waals surface area contributed by atoms with Gasteiger partial charge in [0.1, 0.15) is 11.6 Å². The predicted octanol–water partition coefficient (Wildman–Crippen LogP) is 2.23. The SMILES string of the molecule is C/C=C/CCNC(=O)c1ccc(O)cc1F. The zero-order valence-corrected chi connectivity index (χ0v) is 9.03. The molecule has 3 nitrogen and oxygen atoms in total. The van der Waals surface area contributed by atoms with E-state index in [2.05, 4.69) is 5.32 Å². The van der Waals surface area contributed by atoms with Crippen molar-refractivity contribution in [3.8, 4) is 5.75 Å². The van der Waals surface area contributed by atoms with Crippen LogP contribution in [0.25, 0.3) is 0 Å². The van der Waals surface area contributed by atoms with E-state index in [1.165, 1.54) is 12.1 Å². The number of carbonyl (C=O) groups excluding carboxylic acids is 1. The van der Waals surface area contributed by atoms with Crippen LogP contribution in [0.4, 0.5) is 4.39 Å². The molecule has 0 aliphatic rings. The molecule has 0 heterocycles. The van der Waals surface area contributed by atoms with Crippen LogP contribution in [0, 0.1) is 5.82 Å². The lowest BCUT2D eigenvalue weighted by Crippen LogP contribution is -2.25. The maximum absolute atomic E-state index is 13.2. The third-order valence-corrected chi connectivity index (χ3v) is 2.03. The minimum Gasteiger partial charge on any atom is -0.508 e. The second-order valence-corrected chi connectivity index (χ2v) is 3.28. The number of phenolic OH excluding ortho intramolecular Hbond substituents is 1. The normalized spacial score (nSPS) is 10.6. The van der Waals surface area contributed by atoms with Crippen molar-refractivity contribution < 1.29 is 14.3 Å². The molecule has 0 fully saturated rings. The lowest BCUT2D eigenvalue weighted by atomic mass is 10.2. The summed E-state index contributed by atoms with van der Waals surface area (Å²) in [6.07, 6.45) is 4.50. The lowest BCUT2D eigenvalue weighted by molar-refractivity contribution is 0.0950. The van der Waals surface area contributed by atoms with Crippen LogP contribution in [0.2, 0.25) is 0 Å². The molecule has 1 aromatic carbocycles. The molecule has 0 saturated heterocycles. The van der Waals surface area contributed by atoms with E-state index in [0.717, 1.165) is 6.07 Å². The van der Waals surface area contributed by atoms with Crippen molar-refractivity contribution in [2.24, 2.45) is 0 Å². The number of phenols is 1. The highest BCUT2D eigenvalue weighted by Gasteiger charge is 2.10. The highest BCUT2D eigenvalue weighted by atomic mass is 19.1. The van der Waals surface area contributed by atoms with Crippen LogP contribution in [0.3, 0.4) is 0 Å². The van der Waals surface area contributed by atoms with Gasteiger partial charge in [-0.05, 0) is 25.5 Å². The number of nitrogens with one attached hydrogen (secondary N) is 1. The first-order valence-electron chi connectivity index (χ1n) is 5.03. The van der Waals surface area contributed by atoms with E-state index in [-0.39, 0.29) is 11.3 Å². The number of allylic oxidation sites excluding steroid dienone is 1. The fourth-order valence-electron chi connectivity index (χ4n) is 1.22. The van der Waals surface area contributed by atoms with Crippen molar-refractivity contribution in [3.05, 3.63) is 41.7 Å². The van der Waals surface area contributed by atoms with Crippen molar-refractivity contribution >= 4 is 5.91 Å². The maximum Gasteiger partial charge on any atom is 0.254 e. The lowest BCUT2D eigenvalue weighted by Gasteiger charge is -2.04. The number of carbonyl (C=O) groups is 1.